The molecule has 2 rings (SSSR count). The van der Waals surface area contributed by atoms with Crippen LogP contribution in [-0.4, -0.2) is 22.9 Å². The smallest absolute Gasteiger partial charge is 0.273 e. The van der Waals surface area contributed by atoms with Gasteiger partial charge in [-0.15, -0.1) is 0 Å². The Balaban J connectivity index is 2.41. The minimum Gasteiger partial charge on any atom is -0.867 e. The first-order valence-corrected chi connectivity index (χ1v) is 6.91. The number of nitro groups is 2. The van der Waals surface area contributed by atoms with Gasteiger partial charge in [-0.1, -0.05) is 11.6 Å². The van der Waals surface area contributed by atoms with Crippen molar-refractivity contribution < 1.29 is 24.5 Å². The van der Waals surface area contributed by atoms with E-state index in [1.807, 2.05) is 0 Å². The third-order valence-corrected chi connectivity index (χ3v) is 3.34. The summed E-state index contributed by atoms with van der Waals surface area (Å²) >= 11 is 5.70. The zero-order valence-corrected chi connectivity index (χ0v) is 13.3. The molecule has 2 aromatic rings. The van der Waals surface area contributed by atoms with Crippen molar-refractivity contribution in [1.82, 2.24) is 0 Å². The number of nitro benzene ring substituents is 2. The maximum absolute atomic E-state index is 12.3. The van der Waals surface area contributed by atoms with Crippen LogP contribution < -0.4 is 15.2 Å². The lowest BCUT2D eigenvalue weighted by atomic mass is 10.1. The third kappa shape index (κ3) is 3.75. The highest BCUT2D eigenvalue weighted by Gasteiger charge is 2.19. The summed E-state index contributed by atoms with van der Waals surface area (Å²) in [7, 11) is 1.23. The van der Waals surface area contributed by atoms with Crippen LogP contribution in [0.3, 0.4) is 0 Å². The molecule has 0 aromatic heterocycles. The number of rotatable bonds is 5. The summed E-state index contributed by atoms with van der Waals surface area (Å²) in [6.07, 6.45) is 0. The minimum absolute atomic E-state index is 0.0217. The normalized spacial score (nSPS) is 10.2. The Morgan fingerprint density at radius 1 is 1.16 bits per heavy atom. The lowest BCUT2D eigenvalue weighted by Crippen LogP contribution is -2.16. The Hall–Kier alpha value is -3.40. The highest BCUT2D eigenvalue weighted by Crippen LogP contribution is 2.33. The second kappa shape index (κ2) is 7.01. The van der Waals surface area contributed by atoms with Gasteiger partial charge in [-0.3, -0.25) is 25.0 Å². The molecular weight excluding hydrogens is 358 g/mol. The number of anilines is 1. The number of carbonyl (C=O) groups excluding carboxylic acids is 1. The van der Waals surface area contributed by atoms with Crippen molar-refractivity contribution in [3.8, 4) is 11.5 Å². The number of hydrogen-bond donors (Lipinski definition) is 1. The largest absolute Gasteiger partial charge is 0.867 e. The Morgan fingerprint density at radius 2 is 1.84 bits per heavy atom. The van der Waals surface area contributed by atoms with E-state index < -0.39 is 32.8 Å². The second-order valence-electron chi connectivity index (χ2n) is 4.65. The maximum Gasteiger partial charge on any atom is 0.273 e. The molecule has 2 aromatic carbocycles. The number of benzene rings is 2. The van der Waals surface area contributed by atoms with Crippen molar-refractivity contribution >= 4 is 34.6 Å². The van der Waals surface area contributed by atoms with Crippen LogP contribution in [0.2, 0.25) is 5.02 Å². The Kier molecular flexibility index (Phi) is 5.03. The van der Waals surface area contributed by atoms with E-state index in [1.165, 1.54) is 13.2 Å². The Labute approximate surface area is 144 Å². The molecule has 0 bridgehead atoms. The number of ether oxygens (including phenoxy) is 1. The summed E-state index contributed by atoms with van der Waals surface area (Å²) in [5.41, 5.74) is -1.61. The van der Waals surface area contributed by atoms with Gasteiger partial charge >= 0.3 is 0 Å². The van der Waals surface area contributed by atoms with Crippen LogP contribution in [0.15, 0.2) is 30.3 Å². The molecule has 0 aliphatic carbocycles. The van der Waals surface area contributed by atoms with Gasteiger partial charge in [0.05, 0.1) is 28.7 Å². The molecule has 0 spiro atoms. The van der Waals surface area contributed by atoms with Gasteiger partial charge in [0.25, 0.3) is 17.3 Å². The fourth-order valence-electron chi connectivity index (χ4n) is 1.97. The number of nitrogens with one attached hydrogen (secondary N) is 1. The van der Waals surface area contributed by atoms with Crippen LogP contribution in [-0.2, 0) is 0 Å². The molecule has 11 heteroatoms. The Morgan fingerprint density at radius 3 is 2.40 bits per heavy atom. The molecule has 0 saturated carbocycles. The molecule has 25 heavy (non-hydrogen) atoms. The van der Waals surface area contributed by atoms with E-state index in [0.29, 0.717) is 0 Å². The molecular formula is C14H9ClN3O7-. The van der Waals surface area contributed by atoms with Gasteiger partial charge < -0.3 is 15.2 Å². The van der Waals surface area contributed by atoms with Gasteiger partial charge in [-0.25, -0.2) is 0 Å². The number of hydrogen-bond acceptors (Lipinski definition) is 7. The van der Waals surface area contributed by atoms with Crippen molar-refractivity contribution in [2.45, 2.75) is 0 Å². The van der Waals surface area contributed by atoms with Crippen LogP contribution in [0.4, 0.5) is 17.1 Å². The summed E-state index contributed by atoms with van der Waals surface area (Å²) in [6.45, 7) is 0. The van der Waals surface area contributed by atoms with Gasteiger partial charge in [0, 0.05) is 22.7 Å². The van der Waals surface area contributed by atoms with E-state index in [2.05, 4.69) is 5.32 Å². The van der Waals surface area contributed by atoms with Crippen molar-refractivity contribution in [1.29, 1.82) is 0 Å². The molecule has 0 aliphatic heterocycles. The molecule has 0 heterocycles. The molecule has 1 N–H and O–H groups in total. The van der Waals surface area contributed by atoms with E-state index in [4.69, 9.17) is 16.3 Å². The predicted molar refractivity (Wildman–Crippen MR) is 85.2 cm³/mol. The zero-order chi connectivity index (χ0) is 18.7. The standard InChI is InChI=1S/C14H10ClN3O7/c1-25-12-6-8(17(21)22)2-3-10(12)16-14(20)9-4-7(15)5-11(13(9)19)18(23)24/h2-6,19H,1H3,(H,16,20)/p-1. The molecule has 0 radical (unpaired) electrons. The van der Waals surface area contributed by atoms with Crippen LogP contribution >= 0.6 is 11.6 Å². The van der Waals surface area contributed by atoms with Crippen LogP contribution in [0.5, 0.6) is 11.5 Å². The highest BCUT2D eigenvalue weighted by atomic mass is 35.5. The zero-order valence-electron chi connectivity index (χ0n) is 12.5. The number of nitrogens with zero attached hydrogens (tertiary/aromatic N) is 2. The fourth-order valence-corrected chi connectivity index (χ4v) is 2.18. The van der Waals surface area contributed by atoms with Crippen molar-refractivity contribution in [2.75, 3.05) is 12.4 Å². The average molecular weight is 367 g/mol. The van der Waals surface area contributed by atoms with E-state index in [0.717, 1.165) is 24.3 Å². The van der Waals surface area contributed by atoms with Crippen molar-refractivity contribution in [2.24, 2.45) is 0 Å². The van der Waals surface area contributed by atoms with E-state index in [9.17, 15) is 30.1 Å². The molecule has 0 aliphatic rings. The lowest BCUT2D eigenvalue weighted by molar-refractivity contribution is -0.398. The summed E-state index contributed by atoms with van der Waals surface area (Å²) in [4.78, 5) is 32.3. The van der Waals surface area contributed by atoms with Gasteiger partial charge in [0.1, 0.15) is 5.75 Å². The van der Waals surface area contributed by atoms with Crippen LogP contribution in [0.1, 0.15) is 10.4 Å². The van der Waals surface area contributed by atoms with E-state index in [1.54, 1.807) is 0 Å². The molecule has 0 atom stereocenters. The fraction of sp³-hybridized carbons (Fsp3) is 0.0714. The molecule has 10 nitrogen and oxygen atoms in total. The molecule has 0 fully saturated rings. The van der Waals surface area contributed by atoms with Gasteiger partial charge in [-0.2, -0.15) is 0 Å². The first kappa shape index (κ1) is 17.9. The lowest BCUT2D eigenvalue weighted by Gasteiger charge is -2.15. The molecule has 0 unspecified atom stereocenters. The van der Waals surface area contributed by atoms with Gasteiger partial charge in [-0.05, 0) is 17.9 Å². The average Bonchev–Trinajstić information content (AvgIpc) is 2.56. The minimum atomic E-state index is -1.10. The number of methoxy groups -OCH3 is 1. The maximum atomic E-state index is 12.3. The number of non-ortho nitro benzene ring substituents is 1. The predicted octanol–water partition coefficient (Wildman–Crippen LogP) is 2.49. The van der Waals surface area contributed by atoms with Crippen molar-refractivity contribution in [3.63, 3.8) is 0 Å². The number of amides is 1. The van der Waals surface area contributed by atoms with E-state index >= 15 is 0 Å². The summed E-state index contributed by atoms with van der Waals surface area (Å²) < 4.78 is 4.96. The SMILES string of the molecule is COc1cc([N+](=O)[O-])ccc1NC(=O)c1cc(Cl)cc([N+](=O)[O-])c1[O-]. The molecule has 130 valence electrons. The Bertz CT molecular complexity index is 885. The van der Waals surface area contributed by atoms with Crippen LogP contribution in [0, 0.1) is 20.2 Å². The van der Waals surface area contributed by atoms with Crippen molar-refractivity contribution in [3.05, 3.63) is 61.1 Å². The second-order valence-corrected chi connectivity index (χ2v) is 5.09. The monoisotopic (exact) mass is 366 g/mol. The first-order valence-electron chi connectivity index (χ1n) is 6.53. The topological polar surface area (TPSA) is 148 Å². The van der Waals surface area contributed by atoms with Gasteiger partial charge in [0.15, 0.2) is 0 Å². The molecule has 1 amide bonds. The third-order valence-electron chi connectivity index (χ3n) is 3.12. The highest BCUT2D eigenvalue weighted by molar-refractivity contribution is 6.31. The quantitative estimate of drug-likeness (QED) is 0.631. The summed E-state index contributed by atoms with van der Waals surface area (Å²) in [5, 5.41) is 35.8. The van der Waals surface area contributed by atoms with E-state index in [-0.39, 0.29) is 22.1 Å². The number of carbonyl (C=O) groups is 1. The summed E-state index contributed by atoms with van der Waals surface area (Å²) in [5.74, 6) is -2.10. The van der Waals surface area contributed by atoms with Gasteiger partial charge in [0.2, 0.25) is 0 Å². The first-order chi connectivity index (χ1) is 11.7. The van der Waals surface area contributed by atoms with Crippen LogP contribution in [0.25, 0.3) is 0 Å². The number of halogens is 1. The molecule has 0 saturated heterocycles. The summed E-state index contributed by atoms with van der Waals surface area (Å²) in [6, 6.07) is 5.24.